The van der Waals surface area contributed by atoms with E-state index in [9.17, 15) is 0 Å². The van der Waals surface area contributed by atoms with Crippen molar-refractivity contribution < 1.29 is 9.47 Å². The molecule has 0 atom stereocenters. The highest BCUT2D eigenvalue weighted by Crippen LogP contribution is 2.19. The van der Waals surface area contributed by atoms with Crippen molar-refractivity contribution in [1.82, 2.24) is 0 Å². The van der Waals surface area contributed by atoms with Gasteiger partial charge in [-0.1, -0.05) is 18.2 Å². The average molecular weight is 218 g/mol. The predicted octanol–water partition coefficient (Wildman–Crippen LogP) is 3.60. The van der Waals surface area contributed by atoms with E-state index in [0.717, 1.165) is 24.3 Å². The largest absolute Gasteiger partial charge is 0.493 e. The highest BCUT2D eigenvalue weighted by Gasteiger charge is 1.96. The van der Waals surface area contributed by atoms with E-state index in [1.54, 1.807) is 0 Å². The first-order valence-electron chi connectivity index (χ1n) is 5.44. The number of rotatable bonds is 8. The summed E-state index contributed by atoms with van der Waals surface area (Å²) in [6.45, 7) is 8.60. The van der Waals surface area contributed by atoms with E-state index in [0.29, 0.717) is 13.2 Å². The summed E-state index contributed by atoms with van der Waals surface area (Å²) >= 11 is 0. The van der Waals surface area contributed by atoms with Crippen molar-refractivity contribution in [2.24, 2.45) is 0 Å². The molecule has 1 rings (SSSR count). The lowest BCUT2D eigenvalue weighted by atomic mass is 10.3. The highest BCUT2D eigenvalue weighted by molar-refractivity contribution is 5.32. The maximum absolute atomic E-state index is 5.52. The van der Waals surface area contributed by atoms with Crippen LogP contribution < -0.4 is 9.47 Å². The molecule has 0 aliphatic carbocycles. The van der Waals surface area contributed by atoms with Crippen LogP contribution in [0, 0.1) is 0 Å². The first kappa shape index (κ1) is 12.4. The minimum absolute atomic E-state index is 0.652. The van der Waals surface area contributed by atoms with Crippen LogP contribution in [0.25, 0.3) is 0 Å². The van der Waals surface area contributed by atoms with Crippen LogP contribution in [0.5, 0.6) is 11.5 Å². The number of hydrogen-bond acceptors (Lipinski definition) is 2. The molecule has 0 amide bonds. The quantitative estimate of drug-likeness (QED) is 0.490. The third-order valence-corrected chi connectivity index (χ3v) is 1.99. The van der Waals surface area contributed by atoms with Gasteiger partial charge in [0, 0.05) is 6.07 Å². The molecule has 0 aromatic heterocycles. The van der Waals surface area contributed by atoms with Crippen LogP contribution in [0.3, 0.4) is 0 Å². The molecule has 16 heavy (non-hydrogen) atoms. The van der Waals surface area contributed by atoms with E-state index in [1.807, 2.05) is 36.4 Å². The molecule has 86 valence electrons. The lowest BCUT2D eigenvalue weighted by molar-refractivity contribution is 0.309. The van der Waals surface area contributed by atoms with Gasteiger partial charge in [-0.3, -0.25) is 0 Å². The summed E-state index contributed by atoms with van der Waals surface area (Å²) in [4.78, 5) is 0. The Labute approximate surface area is 97.2 Å². The average Bonchev–Trinajstić information content (AvgIpc) is 2.30. The fraction of sp³-hybridized carbons (Fsp3) is 0.286. The summed E-state index contributed by atoms with van der Waals surface area (Å²) in [5.41, 5.74) is 0. The second-order valence-electron chi connectivity index (χ2n) is 3.33. The zero-order chi connectivity index (χ0) is 11.6. The minimum atomic E-state index is 0.652. The molecule has 1 aromatic rings. The molecule has 0 heterocycles. The molecule has 0 spiro atoms. The van der Waals surface area contributed by atoms with Gasteiger partial charge in [-0.2, -0.15) is 0 Å². The Morgan fingerprint density at radius 2 is 1.44 bits per heavy atom. The van der Waals surface area contributed by atoms with Crippen molar-refractivity contribution in [1.29, 1.82) is 0 Å². The van der Waals surface area contributed by atoms with Crippen LogP contribution in [-0.4, -0.2) is 13.2 Å². The molecule has 0 radical (unpaired) electrons. The number of ether oxygens (including phenoxy) is 2. The summed E-state index contributed by atoms with van der Waals surface area (Å²) in [6, 6.07) is 7.66. The monoisotopic (exact) mass is 218 g/mol. The molecule has 0 aliphatic rings. The third kappa shape index (κ3) is 4.69. The minimum Gasteiger partial charge on any atom is -0.493 e. The summed E-state index contributed by atoms with van der Waals surface area (Å²) in [7, 11) is 0. The smallest absolute Gasteiger partial charge is 0.122 e. The molecule has 0 bridgehead atoms. The Hall–Kier alpha value is -1.70. The van der Waals surface area contributed by atoms with Crippen molar-refractivity contribution in [3.05, 3.63) is 49.6 Å². The molecule has 2 heteroatoms. The van der Waals surface area contributed by atoms with Gasteiger partial charge in [0.1, 0.15) is 11.5 Å². The van der Waals surface area contributed by atoms with Gasteiger partial charge >= 0.3 is 0 Å². The van der Waals surface area contributed by atoms with Crippen molar-refractivity contribution in [3.63, 3.8) is 0 Å². The van der Waals surface area contributed by atoms with E-state index >= 15 is 0 Å². The van der Waals surface area contributed by atoms with Crippen LogP contribution in [0.4, 0.5) is 0 Å². The van der Waals surface area contributed by atoms with Crippen molar-refractivity contribution in [3.8, 4) is 11.5 Å². The maximum Gasteiger partial charge on any atom is 0.122 e. The van der Waals surface area contributed by atoms with Gasteiger partial charge in [-0.05, 0) is 25.0 Å². The standard InChI is InChI=1S/C14H18O2/c1-3-5-10-15-13-8-7-9-14(12-13)16-11-6-4-2/h3-4,7-9,12H,1-2,5-6,10-11H2. The van der Waals surface area contributed by atoms with Gasteiger partial charge in [-0.15, -0.1) is 13.2 Å². The lowest BCUT2D eigenvalue weighted by Crippen LogP contribution is -1.98. The van der Waals surface area contributed by atoms with Crippen molar-refractivity contribution in [2.75, 3.05) is 13.2 Å². The van der Waals surface area contributed by atoms with Crippen LogP contribution in [0.2, 0.25) is 0 Å². The van der Waals surface area contributed by atoms with Crippen LogP contribution in [0.1, 0.15) is 12.8 Å². The SMILES string of the molecule is C=CCCOc1cccc(OCCC=C)c1. The zero-order valence-electron chi connectivity index (χ0n) is 9.52. The van der Waals surface area contributed by atoms with E-state index in [1.165, 1.54) is 0 Å². The number of benzene rings is 1. The molecule has 0 saturated carbocycles. The molecule has 1 aromatic carbocycles. The van der Waals surface area contributed by atoms with Crippen LogP contribution >= 0.6 is 0 Å². The summed E-state index contributed by atoms with van der Waals surface area (Å²) in [5.74, 6) is 1.66. The molecule has 0 unspecified atom stereocenters. The highest BCUT2D eigenvalue weighted by atomic mass is 16.5. The fourth-order valence-electron chi connectivity index (χ4n) is 1.17. The maximum atomic E-state index is 5.52. The first-order chi connectivity index (χ1) is 7.86. The Morgan fingerprint density at radius 1 is 0.938 bits per heavy atom. The van der Waals surface area contributed by atoms with Crippen molar-refractivity contribution >= 4 is 0 Å². The Morgan fingerprint density at radius 3 is 1.88 bits per heavy atom. The van der Waals surface area contributed by atoms with Gasteiger partial charge in [0.2, 0.25) is 0 Å². The van der Waals surface area contributed by atoms with E-state index in [4.69, 9.17) is 9.47 Å². The molecule has 0 fully saturated rings. The van der Waals surface area contributed by atoms with Gasteiger partial charge in [0.15, 0.2) is 0 Å². The normalized spacial score (nSPS) is 9.50. The molecule has 0 saturated heterocycles. The summed E-state index contributed by atoms with van der Waals surface area (Å²) in [5, 5.41) is 0. The van der Waals surface area contributed by atoms with Gasteiger partial charge in [0.25, 0.3) is 0 Å². The van der Waals surface area contributed by atoms with Crippen LogP contribution in [0.15, 0.2) is 49.6 Å². The zero-order valence-corrected chi connectivity index (χ0v) is 9.52. The van der Waals surface area contributed by atoms with E-state index in [-0.39, 0.29) is 0 Å². The third-order valence-electron chi connectivity index (χ3n) is 1.99. The van der Waals surface area contributed by atoms with E-state index < -0.39 is 0 Å². The Balaban J connectivity index is 2.43. The molecule has 2 nitrogen and oxygen atoms in total. The first-order valence-corrected chi connectivity index (χ1v) is 5.44. The fourth-order valence-corrected chi connectivity index (χ4v) is 1.17. The summed E-state index contributed by atoms with van der Waals surface area (Å²) < 4.78 is 11.0. The second kappa shape index (κ2) is 7.57. The lowest BCUT2D eigenvalue weighted by Gasteiger charge is -2.08. The molecular weight excluding hydrogens is 200 g/mol. The van der Waals surface area contributed by atoms with Crippen molar-refractivity contribution in [2.45, 2.75) is 12.8 Å². The number of hydrogen-bond donors (Lipinski definition) is 0. The van der Waals surface area contributed by atoms with Gasteiger partial charge in [0.05, 0.1) is 13.2 Å². The molecule has 0 aliphatic heterocycles. The molecular formula is C14H18O2. The predicted molar refractivity (Wildman–Crippen MR) is 67.1 cm³/mol. The molecule has 0 N–H and O–H groups in total. The van der Waals surface area contributed by atoms with Crippen LogP contribution in [-0.2, 0) is 0 Å². The Bertz CT molecular complexity index is 302. The van der Waals surface area contributed by atoms with E-state index in [2.05, 4.69) is 13.2 Å². The van der Waals surface area contributed by atoms with Gasteiger partial charge in [-0.25, -0.2) is 0 Å². The van der Waals surface area contributed by atoms with Gasteiger partial charge < -0.3 is 9.47 Å². The second-order valence-corrected chi connectivity index (χ2v) is 3.33. The topological polar surface area (TPSA) is 18.5 Å². The summed E-state index contributed by atoms with van der Waals surface area (Å²) in [6.07, 6.45) is 5.37. The Kier molecular flexibility index (Phi) is 5.86.